The molecule has 0 amide bonds. The second kappa shape index (κ2) is 42.9. The van der Waals surface area contributed by atoms with Crippen molar-refractivity contribution in [2.75, 3.05) is 41.0 Å². The van der Waals surface area contributed by atoms with Crippen LogP contribution in [0.5, 0.6) is 0 Å². The Kier molecular flexibility index (Phi) is 40.3. The zero-order valence-electron chi connectivity index (χ0n) is 39.3. The van der Waals surface area contributed by atoms with Gasteiger partial charge in [-0.2, -0.15) is 0 Å². The lowest BCUT2D eigenvalue weighted by molar-refractivity contribution is -0.887. The van der Waals surface area contributed by atoms with Gasteiger partial charge in [0, 0.05) is 19.3 Å². The number of ether oxygens (including phenoxy) is 3. The third kappa shape index (κ3) is 41.4. The highest BCUT2D eigenvalue weighted by molar-refractivity contribution is 5.72. The first-order valence-electron chi connectivity index (χ1n) is 23.8. The Bertz CT molecular complexity index is 1310. The summed E-state index contributed by atoms with van der Waals surface area (Å²) >= 11 is 0. The Morgan fingerprint density at radius 1 is 0.525 bits per heavy atom. The number of rotatable bonds is 41. The van der Waals surface area contributed by atoms with Crippen molar-refractivity contribution < 1.29 is 38.2 Å². The summed E-state index contributed by atoms with van der Waals surface area (Å²) in [6, 6.07) is -0.627. The van der Waals surface area contributed by atoms with Crippen LogP contribution in [0, 0.1) is 0 Å². The summed E-state index contributed by atoms with van der Waals surface area (Å²) in [5, 5.41) is 9.64. The molecule has 0 aromatic heterocycles. The SMILES string of the molecule is CC/C=C/C/C=C/C/C=C/CCCCCCCCCCCC(=O)OCC(COCCC(C(=O)O)[N+](C)(C)C)OC(=O)CCCCCCC/C=C/C=C/C=C/C=C/C=C/CCC. The van der Waals surface area contributed by atoms with E-state index in [-0.39, 0.29) is 36.2 Å². The summed E-state index contributed by atoms with van der Waals surface area (Å²) in [7, 11) is 5.51. The normalized spacial score (nSPS) is 13.8. The molecule has 0 heterocycles. The van der Waals surface area contributed by atoms with Crippen molar-refractivity contribution in [3.05, 3.63) is 97.2 Å². The molecule has 0 aromatic carbocycles. The zero-order valence-corrected chi connectivity index (χ0v) is 39.3. The molecule has 346 valence electrons. The number of hydrogen-bond acceptors (Lipinski definition) is 6. The molecule has 0 radical (unpaired) electrons. The van der Waals surface area contributed by atoms with Crippen LogP contribution in [0.25, 0.3) is 0 Å². The van der Waals surface area contributed by atoms with Gasteiger partial charge in [0.25, 0.3) is 0 Å². The maximum Gasteiger partial charge on any atom is 0.362 e. The number of carboxylic acid groups (broad SMARTS) is 1. The molecule has 0 saturated heterocycles. The fourth-order valence-electron chi connectivity index (χ4n) is 6.43. The minimum Gasteiger partial charge on any atom is -0.477 e. The second-order valence-electron chi connectivity index (χ2n) is 16.7. The van der Waals surface area contributed by atoms with Crippen LogP contribution >= 0.6 is 0 Å². The summed E-state index contributed by atoms with van der Waals surface area (Å²) in [5.74, 6) is -1.52. The van der Waals surface area contributed by atoms with Gasteiger partial charge in [-0.3, -0.25) is 9.59 Å². The van der Waals surface area contributed by atoms with Crippen molar-refractivity contribution in [3.63, 3.8) is 0 Å². The Morgan fingerprint density at radius 3 is 1.51 bits per heavy atom. The second-order valence-corrected chi connectivity index (χ2v) is 16.7. The molecule has 0 saturated carbocycles. The minimum atomic E-state index is -0.885. The molecule has 0 aliphatic heterocycles. The van der Waals surface area contributed by atoms with E-state index in [2.05, 4.69) is 74.6 Å². The van der Waals surface area contributed by atoms with E-state index < -0.39 is 18.1 Å². The lowest BCUT2D eigenvalue weighted by atomic mass is 10.1. The first-order chi connectivity index (χ1) is 29.6. The quantitative estimate of drug-likeness (QED) is 0.0215. The molecular formula is C53H88NO7+. The van der Waals surface area contributed by atoms with Crippen LogP contribution in [0.15, 0.2) is 97.2 Å². The van der Waals surface area contributed by atoms with Crippen LogP contribution in [-0.4, -0.2) is 80.6 Å². The van der Waals surface area contributed by atoms with Gasteiger partial charge in [0.05, 0.1) is 34.4 Å². The van der Waals surface area contributed by atoms with Gasteiger partial charge < -0.3 is 23.8 Å². The van der Waals surface area contributed by atoms with Crippen molar-refractivity contribution >= 4 is 17.9 Å². The molecule has 0 bridgehead atoms. The van der Waals surface area contributed by atoms with Gasteiger partial charge in [-0.05, 0) is 64.2 Å². The van der Waals surface area contributed by atoms with Crippen molar-refractivity contribution in [1.82, 2.24) is 0 Å². The van der Waals surface area contributed by atoms with Crippen LogP contribution in [0.4, 0.5) is 0 Å². The molecule has 0 rings (SSSR count). The molecule has 61 heavy (non-hydrogen) atoms. The van der Waals surface area contributed by atoms with Crippen LogP contribution in [-0.2, 0) is 28.6 Å². The molecule has 0 aliphatic carbocycles. The molecule has 0 spiro atoms. The fraction of sp³-hybridized carbons (Fsp3) is 0.642. The predicted octanol–water partition coefficient (Wildman–Crippen LogP) is 13.5. The summed E-state index contributed by atoms with van der Waals surface area (Å²) in [4.78, 5) is 37.1. The molecular weight excluding hydrogens is 763 g/mol. The fourth-order valence-corrected chi connectivity index (χ4v) is 6.43. The average molecular weight is 851 g/mol. The van der Waals surface area contributed by atoms with E-state index in [9.17, 15) is 19.5 Å². The number of esters is 2. The minimum absolute atomic E-state index is 0.0426. The molecule has 0 aromatic rings. The number of hydrogen-bond donors (Lipinski definition) is 1. The van der Waals surface area contributed by atoms with Crippen LogP contribution in [0.1, 0.15) is 168 Å². The molecule has 8 nitrogen and oxygen atoms in total. The highest BCUT2D eigenvalue weighted by Gasteiger charge is 2.31. The Balaban J connectivity index is 4.37. The number of quaternary nitrogens is 1. The summed E-state index contributed by atoms with van der Waals surface area (Å²) < 4.78 is 17.3. The lowest BCUT2D eigenvalue weighted by Gasteiger charge is -2.31. The molecule has 1 N–H and O–H groups in total. The van der Waals surface area contributed by atoms with Gasteiger partial charge in [-0.25, -0.2) is 4.79 Å². The maximum atomic E-state index is 12.8. The largest absolute Gasteiger partial charge is 0.477 e. The van der Waals surface area contributed by atoms with Crippen LogP contribution < -0.4 is 0 Å². The number of nitrogens with zero attached hydrogens (tertiary/aromatic N) is 1. The summed E-state index contributed by atoms with van der Waals surface area (Å²) in [6.45, 7) is 4.49. The van der Waals surface area contributed by atoms with Crippen molar-refractivity contribution in [3.8, 4) is 0 Å². The zero-order chi connectivity index (χ0) is 44.9. The van der Waals surface area contributed by atoms with E-state index in [1.807, 2.05) is 57.6 Å². The maximum absolute atomic E-state index is 12.8. The topological polar surface area (TPSA) is 99.1 Å². The third-order valence-corrected chi connectivity index (χ3v) is 10.1. The van der Waals surface area contributed by atoms with Crippen LogP contribution in [0.2, 0.25) is 0 Å². The third-order valence-electron chi connectivity index (χ3n) is 10.1. The number of aliphatic carboxylic acids is 1. The Hall–Kier alpha value is -3.75. The predicted molar refractivity (Wildman–Crippen MR) is 256 cm³/mol. The first kappa shape index (κ1) is 57.2. The molecule has 8 heteroatoms. The smallest absolute Gasteiger partial charge is 0.362 e. The lowest BCUT2D eigenvalue weighted by Crippen LogP contribution is -2.50. The molecule has 0 aliphatic rings. The monoisotopic (exact) mass is 851 g/mol. The van der Waals surface area contributed by atoms with Gasteiger partial charge in [-0.15, -0.1) is 0 Å². The molecule has 2 atom stereocenters. The first-order valence-corrected chi connectivity index (χ1v) is 23.8. The Morgan fingerprint density at radius 2 is 0.984 bits per heavy atom. The number of likely N-dealkylation sites (N-methyl/N-ethyl adjacent to an activating group) is 1. The standard InChI is InChI=1S/C53H87NO7/c1-6-8-10-12-14-16-18-20-22-24-26-28-29-31-33-35-37-39-41-43-51(55)60-48-49(47-59-46-45-50(53(57)58)54(3,4)5)61-52(56)44-42-40-38-36-34-32-30-27-25-23-21-19-17-15-13-11-9-7-2/h8,10-11,13-17,19-23,25,27,30,49-50H,6-7,9,12,18,24,26,28-29,31-48H2,1-5H3/p+1/b10-8+,13-11+,16-14+,17-15+,21-19+,22-20+,25-23+,30-27+. The number of carbonyl (C=O) groups is 3. The van der Waals surface area contributed by atoms with Gasteiger partial charge >= 0.3 is 17.9 Å². The number of carbonyl (C=O) groups excluding carboxylic acids is 2. The number of allylic oxidation sites excluding steroid dienone is 16. The van der Waals surface area contributed by atoms with E-state index in [1.165, 1.54) is 44.9 Å². The Labute approximate surface area is 373 Å². The van der Waals surface area contributed by atoms with E-state index in [0.717, 1.165) is 89.9 Å². The van der Waals surface area contributed by atoms with Crippen molar-refractivity contribution in [1.29, 1.82) is 0 Å². The van der Waals surface area contributed by atoms with E-state index in [4.69, 9.17) is 14.2 Å². The van der Waals surface area contributed by atoms with E-state index in [1.54, 1.807) is 0 Å². The average Bonchev–Trinajstić information content (AvgIpc) is 3.22. The number of unbranched alkanes of at least 4 members (excludes halogenated alkanes) is 15. The molecule has 0 fully saturated rings. The number of carboxylic acids is 1. The van der Waals surface area contributed by atoms with Gasteiger partial charge in [0.15, 0.2) is 12.1 Å². The summed E-state index contributed by atoms with van der Waals surface area (Å²) in [5.41, 5.74) is 0. The van der Waals surface area contributed by atoms with E-state index >= 15 is 0 Å². The highest BCUT2D eigenvalue weighted by Crippen LogP contribution is 2.14. The molecule has 2 unspecified atom stereocenters. The van der Waals surface area contributed by atoms with Gasteiger partial charge in [0.1, 0.15) is 6.61 Å². The van der Waals surface area contributed by atoms with Crippen molar-refractivity contribution in [2.24, 2.45) is 0 Å². The van der Waals surface area contributed by atoms with Crippen molar-refractivity contribution in [2.45, 2.75) is 180 Å². The summed E-state index contributed by atoms with van der Waals surface area (Å²) in [6.07, 6.45) is 57.3. The van der Waals surface area contributed by atoms with Crippen LogP contribution in [0.3, 0.4) is 0 Å². The van der Waals surface area contributed by atoms with Gasteiger partial charge in [0.2, 0.25) is 0 Å². The highest BCUT2D eigenvalue weighted by atomic mass is 16.6. The van der Waals surface area contributed by atoms with Gasteiger partial charge in [-0.1, -0.05) is 182 Å². The van der Waals surface area contributed by atoms with E-state index in [0.29, 0.717) is 19.3 Å².